The average Bonchev–Trinajstić information content (AvgIpc) is 2.74. The molecule has 2 unspecified atom stereocenters. The molecule has 17 heavy (non-hydrogen) atoms. The third kappa shape index (κ3) is 2.19. The van der Waals surface area contributed by atoms with E-state index >= 15 is 0 Å². The number of benzene rings is 1. The molecule has 0 amide bonds. The maximum absolute atomic E-state index is 11.8. The van der Waals surface area contributed by atoms with Gasteiger partial charge < -0.3 is 0 Å². The van der Waals surface area contributed by atoms with E-state index in [0.717, 1.165) is 25.7 Å². The summed E-state index contributed by atoms with van der Waals surface area (Å²) in [5.41, 5.74) is 2.75. The van der Waals surface area contributed by atoms with Gasteiger partial charge in [0.15, 0.2) is 0 Å². The summed E-state index contributed by atoms with van der Waals surface area (Å²) in [5, 5.41) is 0. The summed E-state index contributed by atoms with van der Waals surface area (Å²) in [6.45, 7) is 0. The van der Waals surface area contributed by atoms with Crippen LogP contribution in [0.25, 0.3) is 6.08 Å². The summed E-state index contributed by atoms with van der Waals surface area (Å²) in [6, 6.07) is 10.5. The van der Waals surface area contributed by atoms with Gasteiger partial charge in [-0.3, -0.25) is 4.79 Å². The summed E-state index contributed by atoms with van der Waals surface area (Å²) in [7, 11) is 0. The van der Waals surface area contributed by atoms with Crippen LogP contribution in [0.4, 0.5) is 0 Å². The lowest BCUT2D eigenvalue weighted by molar-refractivity contribution is -0.125. The third-order valence-electron chi connectivity index (χ3n) is 4.16. The summed E-state index contributed by atoms with van der Waals surface area (Å²) < 4.78 is 0. The van der Waals surface area contributed by atoms with Gasteiger partial charge in [0, 0.05) is 12.3 Å². The lowest BCUT2D eigenvalue weighted by Gasteiger charge is -2.22. The van der Waals surface area contributed by atoms with Crippen LogP contribution < -0.4 is 0 Å². The fourth-order valence-corrected chi connectivity index (χ4v) is 3.32. The zero-order valence-corrected chi connectivity index (χ0v) is 10.1. The molecule has 0 bridgehead atoms. The fraction of sp³-hybridized carbons (Fsp3) is 0.438. The number of hydrogen-bond acceptors (Lipinski definition) is 1. The van der Waals surface area contributed by atoms with Crippen LogP contribution >= 0.6 is 0 Å². The topological polar surface area (TPSA) is 17.1 Å². The Balaban J connectivity index is 1.79. The second-order valence-corrected chi connectivity index (χ2v) is 5.35. The van der Waals surface area contributed by atoms with E-state index in [4.69, 9.17) is 0 Å². The van der Waals surface area contributed by atoms with Crippen molar-refractivity contribution in [2.45, 2.75) is 32.1 Å². The monoisotopic (exact) mass is 226 g/mol. The van der Waals surface area contributed by atoms with Crippen LogP contribution in [-0.2, 0) is 4.79 Å². The van der Waals surface area contributed by atoms with E-state index in [1.807, 2.05) is 6.07 Å². The summed E-state index contributed by atoms with van der Waals surface area (Å²) in [5.74, 6) is 1.50. The summed E-state index contributed by atoms with van der Waals surface area (Å²) in [6.07, 6.45) is 7.62. The number of hydrogen-bond donors (Lipinski definition) is 0. The van der Waals surface area contributed by atoms with Gasteiger partial charge >= 0.3 is 0 Å². The Morgan fingerprint density at radius 2 is 1.94 bits per heavy atom. The van der Waals surface area contributed by atoms with E-state index in [1.54, 1.807) is 0 Å². The number of rotatable bonds is 1. The maximum Gasteiger partial charge on any atom is 0.136 e. The van der Waals surface area contributed by atoms with Crippen LogP contribution in [0.3, 0.4) is 0 Å². The van der Waals surface area contributed by atoms with Gasteiger partial charge in [0.1, 0.15) is 5.78 Å². The summed E-state index contributed by atoms with van der Waals surface area (Å²) >= 11 is 0. The molecule has 88 valence electrons. The Morgan fingerprint density at radius 3 is 2.71 bits per heavy atom. The van der Waals surface area contributed by atoms with E-state index < -0.39 is 0 Å². The van der Waals surface area contributed by atoms with Crippen molar-refractivity contribution in [2.75, 3.05) is 0 Å². The van der Waals surface area contributed by atoms with Gasteiger partial charge in [-0.1, -0.05) is 42.0 Å². The van der Waals surface area contributed by atoms with Crippen molar-refractivity contribution in [1.82, 2.24) is 0 Å². The first-order valence-electron chi connectivity index (χ1n) is 6.60. The number of carbonyl (C=O) groups excluding carboxylic acids is 1. The molecule has 2 aliphatic rings. The van der Waals surface area contributed by atoms with E-state index in [2.05, 4.69) is 30.3 Å². The van der Waals surface area contributed by atoms with Crippen LogP contribution in [0.1, 0.15) is 37.7 Å². The maximum atomic E-state index is 11.8. The average molecular weight is 226 g/mol. The van der Waals surface area contributed by atoms with Crippen molar-refractivity contribution in [2.24, 2.45) is 11.8 Å². The van der Waals surface area contributed by atoms with E-state index in [0.29, 0.717) is 17.6 Å². The fourth-order valence-electron chi connectivity index (χ4n) is 3.32. The van der Waals surface area contributed by atoms with Gasteiger partial charge in [-0.15, -0.1) is 0 Å². The minimum atomic E-state index is 0.346. The highest BCUT2D eigenvalue weighted by Gasteiger charge is 2.37. The molecular weight excluding hydrogens is 208 g/mol. The Bertz CT molecular complexity index is 444. The molecule has 2 saturated carbocycles. The van der Waals surface area contributed by atoms with Crippen LogP contribution in [0.2, 0.25) is 0 Å². The van der Waals surface area contributed by atoms with Crippen LogP contribution in [0.5, 0.6) is 0 Å². The van der Waals surface area contributed by atoms with Crippen molar-refractivity contribution in [3.8, 4) is 0 Å². The molecule has 0 spiro atoms. The van der Waals surface area contributed by atoms with Crippen LogP contribution in [-0.4, -0.2) is 5.78 Å². The minimum absolute atomic E-state index is 0.346. The lowest BCUT2D eigenvalue weighted by Crippen LogP contribution is -2.23. The molecule has 0 radical (unpaired) electrons. The second kappa shape index (κ2) is 4.48. The Morgan fingerprint density at radius 1 is 1.12 bits per heavy atom. The largest absolute Gasteiger partial charge is 0.299 e. The molecular formula is C16H18O. The number of ketones is 1. The zero-order chi connectivity index (χ0) is 11.7. The summed E-state index contributed by atoms with van der Waals surface area (Å²) in [4.78, 5) is 11.8. The van der Waals surface area contributed by atoms with Crippen molar-refractivity contribution in [1.29, 1.82) is 0 Å². The molecule has 1 heteroatoms. The molecule has 1 aromatic carbocycles. The number of allylic oxidation sites excluding steroid dienone is 1. The molecule has 2 atom stereocenters. The molecule has 1 aromatic rings. The van der Waals surface area contributed by atoms with Gasteiger partial charge in [0.2, 0.25) is 0 Å². The Labute approximate surface area is 103 Å². The lowest BCUT2D eigenvalue weighted by atomic mass is 9.81. The highest BCUT2D eigenvalue weighted by atomic mass is 16.1. The number of Topliss-reactive ketones (excluding diaryl/α,β-unsaturated/α-hetero) is 1. The van der Waals surface area contributed by atoms with E-state index in [9.17, 15) is 4.79 Å². The highest BCUT2D eigenvalue weighted by molar-refractivity contribution is 5.83. The predicted molar refractivity (Wildman–Crippen MR) is 69.5 cm³/mol. The second-order valence-electron chi connectivity index (χ2n) is 5.35. The molecule has 2 fully saturated rings. The SMILES string of the molecule is O=C1CCCC2C/C(=C\c3ccccc3)CC12. The first-order valence-corrected chi connectivity index (χ1v) is 6.60. The van der Waals surface area contributed by atoms with E-state index in [1.165, 1.54) is 17.6 Å². The van der Waals surface area contributed by atoms with E-state index in [-0.39, 0.29) is 0 Å². The molecule has 0 heterocycles. The number of fused-ring (bicyclic) bond motifs is 1. The first-order chi connectivity index (χ1) is 8.33. The molecule has 0 saturated heterocycles. The standard InChI is InChI=1S/C16H18O/c17-16-8-4-7-14-10-13(11-15(14)16)9-12-5-2-1-3-6-12/h1-3,5-6,9,14-15H,4,7-8,10-11H2/b13-9+. The predicted octanol–water partition coefficient (Wildman–Crippen LogP) is 3.85. The van der Waals surface area contributed by atoms with Crippen molar-refractivity contribution < 1.29 is 4.79 Å². The molecule has 0 aromatic heterocycles. The Hall–Kier alpha value is -1.37. The quantitative estimate of drug-likeness (QED) is 0.711. The molecule has 1 nitrogen and oxygen atoms in total. The van der Waals surface area contributed by atoms with Gasteiger partial charge in [-0.05, 0) is 37.2 Å². The first kappa shape index (κ1) is 10.8. The molecule has 0 N–H and O–H groups in total. The van der Waals surface area contributed by atoms with Crippen molar-refractivity contribution in [3.05, 3.63) is 41.5 Å². The highest BCUT2D eigenvalue weighted by Crippen LogP contribution is 2.43. The van der Waals surface area contributed by atoms with Gasteiger partial charge in [0.25, 0.3) is 0 Å². The van der Waals surface area contributed by atoms with Gasteiger partial charge in [-0.25, -0.2) is 0 Å². The zero-order valence-electron chi connectivity index (χ0n) is 10.1. The molecule has 3 rings (SSSR count). The molecule has 0 aliphatic heterocycles. The van der Waals surface area contributed by atoms with Crippen molar-refractivity contribution in [3.63, 3.8) is 0 Å². The minimum Gasteiger partial charge on any atom is -0.299 e. The van der Waals surface area contributed by atoms with Crippen LogP contribution in [0.15, 0.2) is 35.9 Å². The number of carbonyl (C=O) groups is 1. The molecule has 2 aliphatic carbocycles. The smallest absolute Gasteiger partial charge is 0.136 e. The normalized spacial score (nSPS) is 30.6. The Kier molecular flexibility index (Phi) is 2.84. The van der Waals surface area contributed by atoms with Gasteiger partial charge in [0.05, 0.1) is 0 Å². The van der Waals surface area contributed by atoms with Crippen molar-refractivity contribution >= 4 is 11.9 Å². The third-order valence-corrected chi connectivity index (χ3v) is 4.16. The van der Waals surface area contributed by atoms with Crippen LogP contribution in [0, 0.1) is 11.8 Å². The van der Waals surface area contributed by atoms with Gasteiger partial charge in [-0.2, -0.15) is 0 Å².